The number of thiazole rings is 1. The standard InChI is InChI=1S/C19H18BrN3O2S/c1-12(14-6-9-17(24-2)18(10-14)25-3)22-23-19-21-16(11-26-19)13-4-7-15(20)8-5-13/h4-11H,1-3H3,(H,21,23)/b22-12+. The number of aromatic nitrogens is 1. The Hall–Kier alpha value is -2.38. The van der Waals surface area contributed by atoms with Crippen molar-refractivity contribution in [2.75, 3.05) is 19.6 Å². The molecule has 0 saturated carbocycles. The van der Waals surface area contributed by atoms with Crippen LogP contribution in [0.1, 0.15) is 12.5 Å². The monoisotopic (exact) mass is 431 g/mol. The zero-order chi connectivity index (χ0) is 18.5. The van der Waals surface area contributed by atoms with Gasteiger partial charge in [0.05, 0.1) is 25.6 Å². The maximum absolute atomic E-state index is 5.34. The van der Waals surface area contributed by atoms with E-state index in [1.54, 1.807) is 14.2 Å². The van der Waals surface area contributed by atoms with Crippen molar-refractivity contribution in [3.8, 4) is 22.8 Å². The summed E-state index contributed by atoms with van der Waals surface area (Å²) in [4.78, 5) is 4.58. The average molecular weight is 432 g/mol. The molecule has 0 radical (unpaired) electrons. The second kappa shape index (κ2) is 8.33. The summed E-state index contributed by atoms with van der Waals surface area (Å²) in [5.74, 6) is 1.36. The first-order chi connectivity index (χ1) is 12.6. The van der Waals surface area contributed by atoms with Crippen LogP contribution in [0.15, 0.2) is 57.4 Å². The molecule has 0 fully saturated rings. The van der Waals surface area contributed by atoms with Crippen LogP contribution < -0.4 is 14.9 Å². The van der Waals surface area contributed by atoms with Crippen LogP contribution in [0.25, 0.3) is 11.3 Å². The molecular formula is C19H18BrN3O2S. The summed E-state index contributed by atoms with van der Waals surface area (Å²) in [6, 6.07) is 13.8. The van der Waals surface area contributed by atoms with Crippen LogP contribution in [0.2, 0.25) is 0 Å². The van der Waals surface area contributed by atoms with Gasteiger partial charge in [-0.05, 0) is 37.3 Å². The highest BCUT2D eigenvalue weighted by Crippen LogP contribution is 2.28. The van der Waals surface area contributed by atoms with Gasteiger partial charge in [-0.3, -0.25) is 5.43 Å². The summed E-state index contributed by atoms with van der Waals surface area (Å²) in [7, 11) is 3.23. The van der Waals surface area contributed by atoms with Crippen molar-refractivity contribution in [2.45, 2.75) is 6.92 Å². The molecule has 0 bridgehead atoms. The molecule has 1 heterocycles. The van der Waals surface area contributed by atoms with E-state index >= 15 is 0 Å². The molecule has 0 spiro atoms. The summed E-state index contributed by atoms with van der Waals surface area (Å²) in [5.41, 5.74) is 6.78. The molecule has 0 amide bonds. The van der Waals surface area contributed by atoms with Gasteiger partial charge in [0.15, 0.2) is 11.5 Å². The Morgan fingerprint density at radius 3 is 2.50 bits per heavy atom. The van der Waals surface area contributed by atoms with Gasteiger partial charge >= 0.3 is 0 Å². The fourth-order valence-corrected chi connectivity index (χ4v) is 3.26. The maximum atomic E-state index is 5.34. The van der Waals surface area contributed by atoms with Crippen molar-refractivity contribution in [3.05, 3.63) is 57.9 Å². The van der Waals surface area contributed by atoms with Crippen molar-refractivity contribution in [1.82, 2.24) is 4.98 Å². The van der Waals surface area contributed by atoms with Crippen LogP contribution in [-0.4, -0.2) is 24.9 Å². The van der Waals surface area contributed by atoms with Gasteiger partial charge in [-0.25, -0.2) is 4.98 Å². The normalized spacial score (nSPS) is 11.3. The van der Waals surface area contributed by atoms with Gasteiger partial charge < -0.3 is 9.47 Å². The van der Waals surface area contributed by atoms with Crippen LogP contribution in [0.4, 0.5) is 5.13 Å². The van der Waals surface area contributed by atoms with Crippen molar-refractivity contribution in [2.24, 2.45) is 5.10 Å². The Kier molecular flexibility index (Phi) is 5.90. The van der Waals surface area contributed by atoms with E-state index in [1.807, 2.05) is 54.8 Å². The van der Waals surface area contributed by atoms with Crippen molar-refractivity contribution < 1.29 is 9.47 Å². The van der Waals surface area contributed by atoms with E-state index < -0.39 is 0 Å². The zero-order valence-corrected chi connectivity index (χ0v) is 17.0. The quantitative estimate of drug-likeness (QED) is 0.417. The molecule has 26 heavy (non-hydrogen) atoms. The van der Waals surface area contributed by atoms with E-state index in [9.17, 15) is 0 Å². The van der Waals surface area contributed by atoms with E-state index in [1.165, 1.54) is 11.3 Å². The third kappa shape index (κ3) is 4.23. The minimum absolute atomic E-state index is 0.673. The molecule has 2 aromatic carbocycles. The summed E-state index contributed by atoms with van der Waals surface area (Å²) < 4.78 is 11.6. The van der Waals surface area contributed by atoms with E-state index in [2.05, 4.69) is 31.4 Å². The Morgan fingerprint density at radius 1 is 1.08 bits per heavy atom. The second-order valence-corrected chi connectivity index (χ2v) is 7.20. The lowest BCUT2D eigenvalue weighted by molar-refractivity contribution is 0.355. The molecule has 0 aliphatic heterocycles. The fourth-order valence-electron chi connectivity index (χ4n) is 2.34. The smallest absolute Gasteiger partial charge is 0.203 e. The number of methoxy groups -OCH3 is 2. The molecule has 1 N–H and O–H groups in total. The summed E-state index contributed by atoms with van der Waals surface area (Å²) >= 11 is 4.95. The third-order valence-electron chi connectivity index (χ3n) is 3.76. The largest absolute Gasteiger partial charge is 0.493 e. The summed E-state index contributed by atoms with van der Waals surface area (Å²) in [5, 5.41) is 7.17. The molecule has 1 aromatic heterocycles. The first-order valence-corrected chi connectivity index (χ1v) is 9.52. The van der Waals surface area contributed by atoms with Gasteiger partial charge in [0.1, 0.15) is 0 Å². The second-order valence-electron chi connectivity index (χ2n) is 5.42. The predicted molar refractivity (Wildman–Crippen MR) is 111 cm³/mol. The molecule has 0 atom stereocenters. The Bertz CT molecular complexity index is 923. The molecule has 0 saturated heterocycles. The van der Waals surface area contributed by atoms with Crippen LogP contribution in [0.5, 0.6) is 11.5 Å². The van der Waals surface area contributed by atoms with Crippen molar-refractivity contribution in [3.63, 3.8) is 0 Å². The zero-order valence-electron chi connectivity index (χ0n) is 14.6. The first kappa shape index (κ1) is 18.4. The molecule has 0 unspecified atom stereocenters. The molecule has 134 valence electrons. The highest BCUT2D eigenvalue weighted by atomic mass is 79.9. The van der Waals surface area contributed by atoms with Gasteiger partial charge in [0.2, 0.25) is 5.13 Å². The molecule has 3 aromatic rings. The number of hydrogen-bond acceptors (Lipinski definition) is 6. The third-order valence-corrected chi connectivity index (χ3v) is 5.04. The number of benzene rings is 2. The number of nitrogens with one attached hydrogen (secondary N) is 1. The minimum Gasteiger partial charge on any atom is -0.493 e. The van der Waals surface area contributed by atoms with Gasteiger partial charge in [-0.15, -0.1) is 11.3 Å². The predicted octanol–water partition coefficient (Wildman–Crippen LogP) is 5.43. The Labute approximate surface area is 164 Å². The SMILES string of the molecule is COc1ccc(/C(C)=N/Nc2nc(-c3ccc(Br)cc3)cs2)cc1OC. The molecule has 0 aliphatic carbocycles. The van der Waals surface area contributed by atoms with Crippen LogP contribution >= 0.6 is 27.3 Å². The van der Waals surface area contributed by atoms with Gasteiger partial charge in [0.25, 0.3) is 0 Å². The molecule has 5 nitrogen and oxygen atoms in total. The van der Waals surface area contributed by atoms with Gasteiger partial charge in [-0.2, -0.15) is 5.10 Å². The Morgan fingerprint density at radius 2 is 1.81 bits per heavy atom. The molecule has 7 heteroatoms. The number of hydrazone groups is 1. The highest BCUT2D eigenvalue weighted by molar-refractivity contribution is 9.10. The van der Waals surface area contributed by atoms with E-state index in [0.29, 0.717) is 11.5 Å². The van der Waals surface area contributed by atoms with Crippen LogP contribution in [0, 0.1) is 0 Å². The van der Waals surface area contributed by atoms with E-state index in [-0.39, 0.29) is 0 Å². The lowest BCUT2D eigenvalue weighted by atomic mass is 10.1. The molecule has 0 aliphatic rings. The van der Waals surface area contributed by atoms with E-state index in [4.69, 9.17) is 9.47 Å². The number of anilines is 1. The van der Waals surface area contributed by atoms with Crippen molar-refractivity contribution in [1.29, 1.82) is 0 Å². The lowest BCUT2D eigenvalue weighted by Crippen LogP contribution is -2.01. The first-order valence-electron chi connectivity index (χ1n) is 7.85. The summed E-state index contributed by atoms with van der Waals surface area (Å²) in [6.07, 6.45) is 0. The van der Waals surface area contributed by atoms with E-state index in [0.717, 1.165) is 32.1 Å². The number of ether oxygens (including phenoxy) is 2. The average Bonchev–Trinajstić information content (AvgIpc) is 3.15. The van der Waals surface area contributed by atoms with Gasteiger partial charge in [0, 0.05) is 21.0 Å². The van der Waals surface area contributed by atoms with Gasteiger partial charge in [-0.1, -0.05) is 28.1 Å². The number of halogens is 1. The topological polar surface area (TPSA) is 55.7 Å². The lowest BCUT2D eigenvalue weighted by Gasteiger charge is -2.09. The fraction of sp³-hybridized carbons (Fsp3) is 0.158. The highest BCUT2D eigenvalue weighted by Gasteiger charge is 2.07. The van der Waals surface area contributed by atoms with Crippen LogP contribution in [-0.2, 0) is 0 Å². The van der Waals surface area contributed by atoms with Crippen LogP contribution in [0.3, 0.4) is 0 Å². The summed E-state index contributed by atoms with van der Waals surface area (Å²) in [6.45, 7) is 1.93. The van der Waals surface area contributed by atoms with Crippen molar-refractivity contribution >= 4 is 38.1 Å². The number of rotatable bonds is 6. The molecular weight excluding hydrogens is 414 g/mol. The number of hydrogen-bond donors (Lipinski definition) is 1. The molecule has 3 rings (SSSR count). The minimum atomic E-state index is 0.673. The number of nitrogens with zero attached hydrogens (tertiary/aromatic N) is 2. The Balaban J connectivity index is 1.74. The maximum Gasteiger partial charge on any atom is 0.203 e.